The second kappa shape index (κ2) is 4.98. The van der Waals surface area contributed by atoms with E-state index in [1.54, 1.807) is 7.11 Å². The van der Waals surface area contributed by atoms with Gasteiger partial charge in [-0.25, -0.2) is 0 Å². The minimum Gasteiger partial charge on any atom is -0.384 e. The van der Waals surface area contributed by atoms with Gasteiger partial charge in [0.25, 0.3) is 0 Å². The summed E-state index contributed by atoms with van der Waals surface area (Å²) in [5, 5.41) is 3.42. The molecule has 1 aromatic rings. The molecule has 1 N–H and O–H groups in total. The van der Waals surface area contributed by atoms with E-state index in [1.807, 2.05) is 0 Å². The predicted octanol–water partition coefficient (Wildman–Crippen LogP) is 2.26. The van der Waals surface area contributed by atoms with Crippen LogP contribution in [0.25, 0.3) is 0 Å². The van der Waals surface area contributed by atoms with E-state index in [-0.39, 0.29) is 5.41 Å². The van der Waals surface area contributed by atoms with Crippen molar-refractivity contribution in [1.82, 2.24) is 5.32 Å². The van der Waals surface area contributed by atoms with Crippen molar-refractivity contribution in [2.45, 2.75) is 25.2 Å². The lowest BCUT2D eigenvalue weighted by Crippen LogP contribution is -2.42. The molecule has 0 unspecified atom stereocenters. The summed E-state index contributed by atoms with van der Waals surface area (Å²) in [6.07, 6.45) is 2.34. The van der Waals surface area contributed by atoms with E-state index in [0.717, 1.165) is 19.7 Å². The van der Waals surface area contributed by atoms with Gasteiger partial charge < -0.3 is 10.1 Å². The smallest absolute Gasteiger partial charge is 0.0560 e. The molecule has 1 aromatic carbocycles. The summed E-state index contributed by atoms with van der Waals surface area (Å²) >= 11 is 0. The van der Waals surface area contributed by atoms with E-state index in [9.17, 15) is 0 Å². The second-order valence-corrected chi connectivity index (χ2v) is 4.83. The van der Waals surface area contributed by atoms with Crippen LogP contribution in [0.2, 0.25) is 0 Å². The zero-order chi connectivity index (χ0) is 11.4. The number of hydrogen-bond acceptors (Lipinski definition) is 2. The molecular weight excluding hydrogens is 198 g/mol. The quantitative estimate of drug-likeness (QED) is 0.842. The third-order valence-corrected chi connectivity index (χ3v) is 3.65. The largest absolute Gasteiger partial charge is 0.384 e. The fourth-order valence-electron chi connectivity index (χ4n) is 2.61. The van der Waals surface area contributed by atoms with Crippen LogP contribution >= 0.6 is 0 Å². The lowest BCUT2D eigenvalue weighted by atomic mass is 9.74. The van der Waals surface area contributed by atoms with Gasteiger partial charge in [-0.3, -0.25) is 0 Å². The van der Waals surface area contributed by atoms with E-state index in [4.69, 9.17) is 4.74 Å². The number of hydrogen-bond donors (Lipinski definition) is 1. The summed E-state index contributed by atoms with van der Waals surface area (Å²) in [6.45, 7) is 5.15. The molecule has 0 bridgehead atoms. The molecule has 0 amide bonds. The van der Waals surface area contributed by atoms with E-state index in [1.165, 1.54) is 24.0 Å². The number of rotatable bonds is 3. The molecule has 0 radical (unpaired) electrons. The van der Waals surface area contributed by atoms with Crippen LogP contribution in [-0.2, 0) is 10.2 Å². The number of methoxy groups -OCH3 is 1. The number of aryl methyl sites for hydroxylation is 1. The molecule has 1 aliphatic heterocycles. The van der Waals surface area contributed by atoms with Crippen LogP contribution in [0.3, 0.4) is 0 Å². The Morgan fingerprint density at radius 3 is 2.38 bits per heavy atom. The minimum atomic E-state index is 0.230. The Bertz CT molecular complexity index is 320. The standard InChI is InChI=1S/C14H21NO/c1-12-3-5-13(6-4-12)14(11-16-2)7-9-15-10-8-14/h3-6,15H,7-11H2,1-2H3. The average molecular weight is 219 g/mol. The molecule has 1 saturated heterocycles. The molecule has 0 saturated carbocycles. The number of benzene rings is 1. The average Bonchev–Trinajstić information content (AvgIpc) is 2.31. The minimum absolute atomic E-state index is 0.230. The second-order valence-electron chi connectivity index (χ2n) is 4.83. The van der Waals surface area contributed by atoms with Gasteiger partial charge >= 0.3 is 0 Å². The Hall–Kier alpha value is -0.860. The van der Waals surface area contributed by atoms with Gasteiger partial charge in [0.2, 0.25) is 0 Å². The zero-order valence-corrected chi connectivity index (χ0v) is 10.3. The maximum absolute atomic E-state index is 5.44. The van der Waals surface area contributed by atoms with Crippen molar-refractivity contribution in [3.05, 3.63) is 35.4 Å². The molecule has 1 fully saturated rings. The number of nitrogens with one attached hydrogen (secondary N) is 1. The molecule has 2 heteroatoms. The summed E-state index contributed by atoms with van der Waals surface area (Å²) in [4.78, 5) is 0. The summed E-state index contributed by atoms with van der Waals surface area (Å²) in [5.41, 5.74) is 2.99. The predicted molar refractivity (Wildman–Crippen MR) is 66.8 cm³/mol. The highest BCUT2D eigenvalue weighted by molar-refractivity contribution is 5.29. The zero-order valence-electron chi connectivity index (χ0n) is 10.3. The number of ether oxygens (including phenoxy) is 1. The van der Waals surface area contributed by atoms with Crippen molar-refractivity contribution in [3.8, 4) is 0 Å². The first-order valence-electron chi connectivity index (χ1n) is 6.04. The van der Waals surface area contributed by atoms with Gasteiger partial charge in [0, 0.05) is 12.5 Å². The van der Waals surface area contributed by atoms with Crippen LogP contribution in [0.1, 0.15) is 24.0 Å². The van der Waals surface area contributed by atoms with Gasteiger partial charge in [0.15, 0.2) is 0 Å². The van der Waals surface area contributed by atoms with E-state index >= 15 is 0 Å². The lowest BCUT2D eigenvalue weighted by molar-refractivity contribution is 0.108. The van der Waals surface area contributed by atoms with E-state index < -0.39 is 0 Å². The molecule has 2 nitrogen and oxygen atoms in total. The molecule has 1 heterocycles. The van der Waals surface area contributed by atoms with E-state index in [0.29, 0.717) is 0 Å². The molecular formula is C14H21NO. The first kappa shape index (κ1) is 11.6. The normalized spacial score (nSPS) is 19.6. The SMILES string of the molecule is COCC1(c2ccc(C)cc2)CCNCC1. The molecule has 0 aromatic heterocycles. The highest BCUT2D eigenvalue weighted by Crippen LogP contribution is 2.33. The number of piperidine rings is 1. The Kier molecular flexibility index (Phi) is 3.62. The van der Waals surface area contributed by atoms with Gasteiger partial charge in [0.05, 0.1) is 6.61 Å². The summed E-state index contributed by atoms with van der Waals surface area (Å²) in [5.74, 6) is 0. The van der Waals surface area contributed by atoms with Gasteiger partial charge in [-0.05, 0) is 38.4 Å². The van der Waals surface area contributed by atoms with Crippen molar-refractivity contribution < 1.29 is 4.74 Å². The van der Waals surface area contributed by atoms with Crippen LogP contribution in [0.4, 0.5) is 0 Å². The fraction of sp³-hybridized carbons (Fsp3) is 0.571. The molecule has 88 valence electrons. The summed E-state index contributed by atoms with van der Waals surface area (Å²) in [6, 6.07) is 8.93. The van der Waals surface area contributed by atoms with Gasteiger partial charge in [0.1, 0.15) is 0 Å². The van der Waals surface area contributed by atoms with Gasteiger partial charge in [-0.1, -0.05) is 29.8 Å². The first-order valence-corrected chi connectivity index (χ1v) is 6.04. The third kappa shape index (κ3) is 2.28. The van der Waals surface area contributed by atoms with Crippen LogP contribution in [0, 0.1) is 6.92 Å². The molecule has 0 aliphatic carbocycles. The highest BCUT2D eigenvalue weighted by Gasteiger charge is 2.33. The maximum Gasteiger partial charge on any atom is 0.0560 e. The van der Waals surface area contributed by atoms with Crippen molar-refractivity contribution in [2.24, 2.45) is 0 Å². The van der Waals surface area contributed by atoms with Crippen LogP contribution in [0.5, 0.6) is 0 Å². The van der Waals surface area contributed by atoms with Crippen LogP contribution < -0.4 is 5.32 Å². The molecule has 0 atom stereocenters. The fourth-order valence-corrected chi connectivity index (χ4v) is 2.61. The Morgan fingerprint density at radius 2 is 1.81 bits per heavy atom. The molecule has 16 heavy (non-hydrogen) atoms. The maximum atomic E-state index is 5.44. The Balaban J connectivity index is 2.26. The molecule has 1 aliphatic rings. The van der Waals surface area contributed by atoms with Gasteiger partial charge in [-0.15, -0.1) is 0 Å². The third-order valence-electron chi connectivity index (χ3n) is 3.65. The molecule has 0 spiro atoms. The highest BCUT2D eigenvalue weighted by atomic mass is 16.5. The van der Waals surface area contributed by atoms with Crippen molar-refractivity contribution in [2.75, 3.05) is 26.8 Å². The monoisotopic (exact) mass is 219 g/mol. The topological polar surface area (TPSA) is 21.3 Å². The lowest BCUT2D eigenvalue weighted by Gasteiger charge is -2.37. The summed E-state index contributed by atoms with van der Waals surface area (Å²) < 4.78 is 5.44. The van der Waals surface area contributed by atoms with Crippen LogP contribution in [0.15, 0.2) is 24.3 Å². The van der Waals surface area contributed by atoms with Crippen molar-refractivity contribution in [1.29, 1.82) is 0 Å². The first-order chi connectivity index (χ1) is 7.77. The van der Waals surface area contributed by atoms with Gasteiger partial charge in [-0.2, -0.15) is 0 Å². The summed E-state index contributed by atoms with van der Waals surface area (Å²) in [7, 11) is 1.80. The Morgan fingerprint density at radius 1 is 1.19 bits per heavy atom. The Labute approximate surface area is 98.0 Å². The van der Waals surface area contributed by atoms with E-state index in [2.05, 4.69) is 36.5 Å². The molecule has 2 rings (SSSR count). The van der Waals surface area contributed by atoms with Crippen molar-refractivity contribution >= 4 is 0 Å². The van der Waals surface area contributed by atoms with Crippen molar-refractivity contribution in [3.63, 3.8) is 0 Å². The van der Waals surface area contributed by atoms with Crippen LogP contribution in [-0.4, -0.2) is 26.8 Å².